The molecule has 0 bridgehead atoms. The molecule has 11 heavy (non-hydrogen) atoms. The average molecular weight is 172 g/mol. The molecule has 0 heterocycles. The van der Waals surface area contributed by atoms with E-state index in [1.807, 2.05) is 12.1 Å². The van der Waals surface area contributed by atoms with Gasteiger partial charge in [0.2, 0.25) is 0 Å². The summed E-state index contributed by atoms with van der Waals surface area (Å²) in [5, 5.41) is 0. The van der Waals surface area contributed by atoms with Gasteiger partial charge in [0.05, 0.1) is 0 Å². The smallest absolute Gasteiger partial charge is 0.0316 e. The third-order valence-electron chi connectivity index (χ3n) is 1.75. The molecular formula is C9H14ClN. The van der Waals surface area contributed by atoms with Crippen LogP contribution in [0.2, 0.25) is 0 Å². The summed E-state index contributed by atoms with van der Waals surface area (Å²) in [6.45, 7) is 4.24. The van der Waals surface area contributed by atoms with Crippen LogP contribution < -0.4 is 5.73 Å². The van der Waals surface area contributed by atoms with Crippen LogP contribution in [0.1, 0.15) is 18.1 Å². The first-order valence-electron chi connectivity index (χ1n) is 3.59. The molecule has 0 aliphatic rings. The summed E-state index contributed by atoms with van der Waals surface area (Å²) in [5.41, 5.74) is 9.12. The van der Waals surface area contributed by atoms with Gasteiger partial charge in [0.15, 0.2) is 0 Å². The van der Waals surface area contributed by atoms with Crippen LogP contribution in [0.3, 0.4) is 0 Å². The van der Waals surface area contributed by atoms with Crippen LogP contribution in [0.4, 0.5) is 5.69 Å². The maximum atomic E-state index is 5.58. The largest absolute Gasteiger partial charge is 0.399 e. The number of rotatable bonds is 1. The Kier molecular flexibility index (Phi) is 3.98. The lowest BCUT2D eigenvalue weighted by Gasteiger charge is -2.02. The molecular weight excluding hydrogens is 158 g/mol. The number of nitrogens with two attached hydrogens (primary N) is 1. The van der Waals surface area contributed by atoms with Crippen molar-refractivity contribution < 1.29 is 0 Å². The van der Waals surface area contributed by atoms with Gasteiger partial charge in [-0.2, -0.15) is 0 Å². The number of anilines is 1. The number of aryl methyl sites for hydroxylation is 2. The lowest BCUT2D eigenvalue weighted by molar-refractivity contribution is 1.11. The van der Waals surface area contributed by atoms with Crippen LogP contribution in [-0.4, -0.2) is 0 Å². The van der Waals surface area contributed by atoms with Gasteiger partial charge in [-0.05, 0) is 36.6 Å². The van der Waals surface area contributed by atoms with Gasteiger partial charge in [-0.15, -0.1) is 12.4 Å². The van der Waals surface area contributed by atoms with Crippen molar-refractivity contribution in [2.45, 2.75) is 20.3 Å². The molecule has 0 amide bonds. The highest BCUT2D eigenvalue weighted by atomic mass is 35.5. The molecule has 0 saturated carbocycles. The van der Waals surface area contributed by atoms with E-state index in [1.165, 1.54) is 11.1 Å². The minimum absolute atomic E-state index is 0. The maximum Gasteiger partial charge on any atom is 0.0316 e. The molecule has 0 unspecified atom stereocenters. The van der Waals surface area contributed by atoms with E-state index in [9.17, 15) is 0 Å². The van der Waals surface area contributed by atoms with Crippen molar-refractivity contribution in [2.75, 3.05) is 5.73 Å². The molecule has 62 valence electrons. The topological polar surface area (TPSA) is 26.0 Å². The molecule has 1 aromatic rings. The predicted octanol–water partition coefficient (Wildman–Crippen LogP) is 2.56. The van der Waals surface area contributed by atoms with Gasteiger partial charge in [0, 0.05) is 5.69 Å². The van der Waals surface area contributed by atoms with Crippen LogP contribution in [0.15, 0.2) is 18.2 Å². The first-order valence-corrected chi connectivity index (χ1v) is 3.59. The number of nitrogen functional groups attached to an aromatic ring is 1. The second kappa shape index (κ2) is 4.24. The Morgan fingerprint density at radius 3 is 2.45 bits per heavy atom. The van der Waals surface area contributed by atoms with Gasteiger partial charge in [-0.3, -0.25) is 0 Å². The van der Waals surface area contributed by atoms with Crippen LogP contribution in [0.5, 0.6) is 0 Å². The Morgan fingerprint density at radius 2 is 2.00 bits per heavy atom. The average Bonchev–Trinajstić information content (AvgIpc) is 1.88. The maximum absolute atomic E-state index is 5.58. The standard InChI is InChI=1S/C9H13N.ClH/c1-3-8-4-5-9(10)6-7(8)2;/h4-6H,3,10H2,1-2H3;1H. The van der Waals surface area contributed by atoms with Crippen LogP contribution in [-0.2, 0) is 6.42 Å². The molecule has 0 saturated heterocycles. The van der Waals surface area contributed by atoms with Crippen molar-refractivity contribution in [1.29, 1.82) is 0 Å². The molecule has 0 atom stereocenters. The first-order chi connectivity index (χ1) is 4.74. The summed E-state index contributed by atoms with van der Waals surface area (Å²) in [7, 11) is 0. The van der Waals surface area contributed by atoms with Gasteiger partial charge in [0.1, 0.15) is 0 Å². The lowest BCUT2D eigenvalue weighted by atomic mass is 10.1. The second-order valence-electron chi connectivity index (χ2n) is 2.54. The van der Waals surface area contributed by atoms with E-state index in [2.05, 4.69) is 19.9 Å². The highest BCUT2D eigenvalue weighted by molar-refractivity contribution is 5.85. The third kappa shape index (κ3) is 2.43. The van der Waals surface area contributed by atoms with Crippen LogP contribution >= 0.6 is 12.4 Å². The van der Waals surface area contributed by atoms with Crippen molar-refractivity contribution in [1.82, 2.24) is 0 Å². The number of hydrogen-bond acceptors (Lipinski definition) is 1. The summed E-state index contributed by atoms with van der Waals surface area (Å²) in [6.07, 6.45) is 1.09. The number of hydrogen-bond donors (Lipinski definition) is 1. The minimum Gasteiger partial charge on any atom is -0.399 e. The first kappa shape index (κ1) is 10.3. The normalized spacial score (nSPS) is 8.91. The summed E-state index contributed by atoms with van der Waals surface area (Å²) in [6, 6.07) is 6.05. The van der Waals surface area contributed by atoms with Crippen molar-refractivity contribution >= 4 is 18.1 Å². The van der Waals surface area contributed by atoms with Gasteiger partial charge in [0.25, 0.3) is 0 Å². The third-order valence-corrected chi connectivity index (χ3v) is 1.75. The molecule has 0 spiro atoms. The van der Waals surface area contributed by atoms with Gasteiger partial charge in [-0.25, -0.2) is 0 Å². The Balaban J connectivity index is 0.000001000. The number of benzene rings is 1. The van der Waals surface area contributed by atoms with Crippen molar-refractivity contribution in [3.63, 3.8) is 0 Å². The van der Waals surface area contributed by atoms with Gasteiger partial charge in [-0.1, -0.05) is 13.0 Å². The minimum atomic E-state index is 0. The van der Waals surface area contributed by atoms with Crippen LogP contribution in [0.25, 0.3) is 0 Å². The van der Waals surface area contributed by atoms with Gasteiger partial charge >= 0.3 is 0 Å². The highest BCUT2D eigenvalue weighted by Gasteiger charge is 1.93. The Labute approximate surface area is 74.0 Å². The molecule has 2 N–H and O–H groups in total. The lowest BCUT2D eigenvalue weighted by Crippen LogP contribution is -1.89. The molecule has 0 aliphatic carbocycles. The fraction of sp³-hybridized carbons (Fsp3) is 0.333. The molecule has 1 aromatic carbocycles. The van der Waals surface area contributed by atoms with Crippen LogP contribution in [0, 0.1) is 6.92 Å². The van der Waals surface area contributed by atoms with Crippen molar-refractivity contribution in [3.05, 3.63) is 29.3 Å². The van der Waals surface area contributed by atoms with Crippen molar-refractivity contribution in [3.8, 4) is 0 Å². The summed E-state index contributed by atoms with van der Waals surface area (Å²) in [4.78, 5) is 0. The molecule has 0 fully saturated rings. The Bertz CT molecular complexity index is 233. The van der Waals surface area contributed by atoms with E-state index in [0.717, 1.165) is 12.1 Å². The highest BCUT2D eigenvalue weighted by Crippen LogP contribution is 2.12. The molecule has 0 aromatic heterocycles. The van der Waals surface area contributed by atoms with Crippen molar-refractivity contribution in [2.24, 2.45) is 0 Å². The van der Waals surface area contributed by atoms with E-state index >= 15 is 0 Å². The van der Waals surface area contributed by atoms with Gasteiger partial charge < -0.3 is 5.73 Å². The molecule has 1 nitrogen and oxygen atoms in total. The molecule has 0 radical (unpaired) electrons. The number of halogens is 1. The monoisotopic (exact) mass is 171 g/mol. The molecule has 0 aliphatic heterocycles. The molecule has 2 heteroatoms. The fourth-order valence-electron chi connectivity index (χ4n) is 1.12. The SMILES string of the molecule is CCc1ccc(N)cc1C.Cl. The molecule has 1 rings (SSSR count). The Hall–Kier alpha value is -0.690. The predicted molar refractivity (Wildman–Crippen MR) is 52.2 cm³/mol. The van der Waals surface area contributed by atoms with E-state index in [4.69, 9.17) is 5.73 Å². The second-order valence-corrected chi connectivity index (χ2v) is 2.54. The quantitative estimate of drug-likeness (QED) is 0.646. The fourth-order valence-corrected chi connectivity index (χ4v) is 1.12. The summed E-state index contributed by atoms with van der Waals surface area (Å²) in [5.74, 6) is 0. The zero-order chi connectivity index (χ0) is 7.56. The van der Waals surface area contributed by atoms with E-state index < -0.39 is 0 Å². The van der Waals surface area contributed by atoms with E-state index in [1.54, 1.807) is 0 Å². The summed E-state index contributed by atoms with van der Waals surface area (Å²) >= 11 is 0. The summed E-state index contributed by atoms with van der Waals surface area (Å²) < 4.78 is 0. The zero-order valence-electron chi connectivity index (χ0n) is 6.92. The van der Waals surface area contributed by atoms with E-state index in [-0.39, 0.29) is 12.4 Å². The Morgan fingerprint density at radius 1 is 1.36 bits per heavy atom. The van der Waals surface area contributed by atoms with E-state index in [0.29, 0.717) is 0 Å². The zero-order valence-corrected chi connectivity index (χ0v) is 7.74.